The van der Waals surface area contributed by atoms with Crippen LogP contribution in [0.15, 0.2) is 12.2 Å². The highest BCUT2D eigenvalue weighted by atomic mass is 16.4. The predicted molar refractivity (Wildman–Crippen MR) is 204 cm³/mol. The van der Waals surface area contributed by atoms with Crippen molar-refractivity contribution in [3.63, 3.8) is 0 Å². The van der Waals surface area contributed by atoms with Gasteiger partial charge in [-0.1, -0.05) is 66.0 Å². The van der Waals surface area contributed by atoms with Crippen LogP contribution in [0.2, 0.25) is 0 Å². The van der Waals surface area contributed by atoms with Crippen LogP contribution < -0.4 is 10.6 Å². The van der Waals surface area contributed by atoms with Crippen molar-refractivity contribution in [2.24, 2.45) is 62.6 Å². The molecule has 0 bridgehead atoms. The minimum atomic E-state index is -1.02. The van der Waals surface area contributed by atoms with E-state index >= 15 is 0 Å². The van der Waals surface area contributed by atoms with E-state index in [0.29, 0.717) is 29.6 Å². The summed E-state index contributed by atoms with van der Waals surface area (Å²) in [6, 6.07) is 0. The van der Waals surface area contributed by atoms with E-state index < -0.39 is 11.4 Å². The number of carbonyl (C=O) groups excluding carboxylic acids is 2. The van der Waals surface area contributed by atoms with Gasteiger partial charge < -0.3 is 15.7 Å². The highest BCUT2D eigenvalue weighted by Gasteiger charge is 2.71. The van der Waals surface area contributed by atoms with Crippen molar-refractivity contribution in [3.05, 3.63) is 12.2 Å². The first-order valence-electron chi connectivity index (χ1n) is 20.7. The summed E-state index contributed by atoms with van der Waals surface area (Å²) in [7, 11) is 0. The number of unbranched alkanes of at least 4 members (excludes halogenated alkanes) is 4. The molecule has 50 heavy (non-hydrogen) atoms. The van der Waals surface area contributed by atoms with Crippen LogP contribution in [0.1, 0.15) is 165 Å². The Morgan fingerprint density at radius 3 is 2.06 bits per heavy atom. The molecule has 5 aliphatic carbocycles. The molecule has 0 saturated heterocycles. The molecule has 0 aromatic carbocycles. The van der Waals surface area contributed by atoms with E-state index in [4.69, 9.17) is 0 Å². The number of carboxylic acids is 1. The number of carboxylic acid groups (broad SMARTS) is 1. The number of fused-ring (bicyclic) bond motifs is 7. The van der Waals surface area contributed by atoms with Crippen molar-refractivity contribution in [1.29, 1.82) is 0 Å². The molecule has 5 saturated carbocycles. The standard InChI is InChI=1S/C44H74N2O4/c1-29(2)31-18-23-44(46-27-15-13-11-12-14-26-45-30(3)47)25-24-42(9)33(37(31)44)16-17-36-41(8)21-19-32(34(48)28-39(4,5)38(49)50)40(6,7)35(41)20-22-43(36,42)10/h31-33,35-37,46H,1,11-28H2,2-10H3,(H,45,47)(H,49,50)/t31-,32+,33?,35?,36?,37?,41-,42+,43+,44-/m0/s1. The molecule has 0 aromatic heterocycles. The number of nitrogens with one attached hydrogen (secondary N) is 2. The summed E-state index contributed by atoms with van der Waals surface area (Å²) in [5.74, 6) is 2.38. The Kier molecular flexibility index (Phi) is 11.3. The third-order valence-corrected chi connectivity index (χ3v) is 16.9. The monoisotopic (exact) mass is 695 g/mol. The first kappa shape index (κ1) is 39.5. The normalized spacial score (nSPS) is 40.5. The molecule has 0 heterocycles. The van der Waals surface area contributed by atoms with Crippen molar-refractivity contribution >= 4 is 17.7 Å². The summed E-state index contributed by atoms with van der Waals surface area (Å²) in [4.78, 5) is 36.9. The Labute approximate surface area is 305 Å². The fraction of sp³-hybridized carbons (Fsp3) is 0.886. The zero-order valence-corrected chi connectivity index (χ0v) is 33.6. The third kappa shape index (κ3) is 6.68. The minimum absolute atomic E-state index is 0.0598. The molecule has 3 N–H and O–H groups in total. The first-order valence-corrected chi connectivity index (χ1v) is 20.7. The summed E-state index contributed by atoms with van der Waals surface area (Å²) >= 11 is 0. The van der Waals surface area contributed by atoms with Crippen molar-refractivity contribution in [2.45, 2.75) is 171 Å². The molecule has 0 aromatic rings. The van der Waals surface area contributed by atoms with E-state index in [1.165, 1.54) is 82.6 Å². The SMILES string of the molecule is C=C(C)[C@@H]1CC[C@]2(NCCCCCCCNC(C)=O)CC[C@]3(C)C(CCC4[C@@]5(C)CC[C@H](C(=O)CC(C)(C)C(=O)O)C(C)(C)C5CC[C@]43C)C12. The quantitative estimate of drug-likeness (QED) is 0.124. The maximum absolute atomic E-state index is 13.8. The Bertz CT molecular complexity index is 1300. The van der Waals surface area contributed by atoms with Crippen molar-refractivity contribution in [1.82, 2.24) is 10.6 Å². The molecule has 0 spiro atoms. The van der Waals surface area contributed by atoms with E-state index in [1.807, 2.05) is 0 Å². The van der Waals surface area contributed by atoms with E-state index in [0.717, 1.165) is 32.4 Å². The minimum Gasteiger partial charge on any atom is -0.481 e. The second-order valence-electron chi connectivity index (χ2n) is 20.3. The molecular formula is C44H74N2O4. The van der Waals surface area contributed by atoms with E-state index in [1.54, 1.807) is 20.8 Å². The average molecular weight is 695 g/mol. The number of allylic oxidation sites excluding steroid dienone is 1. The Morgan fingerprint density at radius 2 is 1.42 bits per heavy atom. The van der Waals surface area contributed by atoms with Crippen LogP contribution in [0.3, 0.4) is 0 Å². The van der Waals surface area contributed by atoms with Crippen LogP contribution in [0.25, 0.3) is 0 Å². The van der Waals surface area contributed by atoms with Gasteiger partial charge in [-0.05, 0) is 156 Å². The zero-order valence-electron chi connectivity index (χ0n) is 33.6. The van der Waals surface area contributed by atoms with E-state index in [-0.39, 0.29) is 51.2 Å². The molecule has 1 amide bonds. The lowest BCUT2D eigenvalue weighted by Crippen LogP contribution is -2.68. The molecule has 10 atom stereocenters. The van der Waals surface area contributed by atoms with E-state index in [2.05, 4.69) is 58.8 Å². The number of rotatable bonds is 14. The maximum atomic E-state index is 13.8. The van der Waals surface area contributed by atoms with Gasteiger partial charge in [0.25, 0.3) is 0 Å². The van der Waals surface area contributed by atoms with Crippen LogP contribution in [0.4, 0.5) is 0 Å². The zero-order chi connectivity index (χ0) is 36.9. The van der Waals surface area contributed by atoms with Gasteiger partial charge >= 0.3 is 5.97 Å². The molecule has 5 rings (SSSR count). The lowest BCUT2D eigenvalue weighted by molar-refractivity contribution is -0.237. The fourth-order valence-electron chi connectivity index (χ4n) is 14.1. The number of ketones is 1. The van der Waals surface area contributed by atoms with Gasteiger partial charge in [-0.2, -0.15) is 0 Å². The van der Waals surface area contributed by atoms with Gasteiger partial charge in [0.2, 0.25) is 5.91 Å². The Hall–Kier alpha value is -1.69. The van der Waals surface area contributed by atoms with Crippen molar-refractivity contribution in [2.75, 3.05) is 13.1 Å². The molecule has 0 radical (unpaired) electrons. The van der Waals surface area contributed by atoms with E-state index in [9.17, 15) is 19.5 Å². The number of amides is 1. The Balaban J connectivity index is 1.31. The molecule has 5 aliphatic rings. The van der Waals surface area contributed by atoms with Crippen LogP contribution in [-0.4, -0.2) is 41.4 Å². The smallest absolute Gasteiger partial charge is 0.309 e. The molecular weight excluding hydrogens is 620 g/mol. The summed E-state index contributed by atoms with van der Waals surface area (Å²) in [5, 5.41) is 17.0. The lowest BCUT2D eigenvalue weighted by atomic mass is 9.32. The molecule has 4 unspecified atom stereocenters. The Morgan fingerprint density at radius 1 is 0.760 bits per heavy atom. The number of hydrogen-bond acceptors (Lipinski definition) is 4. The van der Waals surface area contributed by atoms with Gasteiger partial charge in [0.1, 0.15) is 5.78 Å². The molecule has 5 fully saturated rings. The van der Waals surface area contributed by atoms with Gasteiger partial charge in [-0.15, -0.1) is 0 Å². The highest BCUT2D eigenvalue weighted by Crippen LogP contribution is 2.77. The highest BCUT2D eigenvalue weighted by molar-refractivity contribution is 5.87. The molecule has 0 aliphatic heterocycles. The van der Waals surface area contributed by atoms with Crippen LogP contribution in [0.5, 0.6) is 0 Å². The first-order chi connectivity index (χ1) is 23.3. The molecule has 6 heteroatoms. The summed E-state index contributed by atoms with van der Waals surface area (Å²) < 4.78 is 0. The number of hydrogen-bond donors (Lipinski definition) is 3. The second-order valence-corrected chi connectivity index (χ2v) is 20.3. The number of carbonyl (C=O) groups is 3. The third-order valence-electron chi connectivity index (χ3n) is 16.9. The van der Waals surface area contributed by atoms with Crippen molar-refractivity contribution < 1.29 is 19.5 Å². The maximum Gasteiger partial charge on any atom is 0.309 e. The van der Waals surface area contributed by atoms with Crippen molar-refractivity contribution in [3.8, 4) is 0 Å². The van der Waals surface area contributed by atoms with Crippen LogP contribution >= 0.6 is 0 Å². The summed E-state index contributed by atoms with van der Waals surface area (Å²) in [6.07, 6.45) is 18.2. The van der Waals surface area contributed by atoms with Gasteiger partial charge in [-0.3, -0.25) is 14.4 Å². The topological polar surface area (TPSA) is 95.5 Å². The molecule has 284 valence electrons. The summed E-state index contributed by atoms with van der Waals surface area (Å²) in [6.45, 7) is 26.5. The lowest BCUT2D eigenvalue weighted by Gasteiger charge is -2.73. The van der Waals surface area contributed by atoms with Crippen LogP contribution in [-0.2, 0) is 14.4 Å². The number of Topliss-reactive ketones (excluding diaryl/α,β-unsaturated/α-hetero) is 1. The summed E-state index contributed by atoms with van der Waals surface area (Å²) in [5.41, 5.74) is 1.22. The fourth-order valence-corrected chi connectivity index (χ4v) is 14.1. The molecule has 6 nitrogen and oxygen atoms in total. The van der Waals surface area contributed by atoms with Gasteiger partial charge in [-0.25, -0.2) is 0 Å². The van der Waals surface area contributed by atoms with Crippen LogP contribution in [0, 0.1) is 62.6 Å². The number of aliphatic carboxylic acids is 1. The second kappa shape index (κ2) is 14.3. The largest absolute Gasteiger partial charge is 0.481 e. The van der Waals surface area contributed by atoms with Gasteiger partial charge in [0.05, 0.1) is 5.41 Å². The predicted octanol–water partition coefficient (Wildman–Crippen LogP) is 9.76. The van der Waals surface area contributed by atoms with Gasteiger partial charge in [0, 0.05) is 31.3 Å². The van der Waals surface area contributed by atoms with Gasteiger partial charge in [0.15, 0.2) is 0 Å². The average Bonchev–Trinajstić information content (AvgIpc) is 3.40.